The van der Waals surface area contributed by atoms with E-state index in [0.717, 1.165) is 25.2 Å². The third-order valence-electron chi connectivity index (χ3n) is 3.28. The van der Waals surface area contributed by atoms with E-state index in [1.807, 2.05) is 13.8 Å². The summed E-state index contributed by atoms with van der Waals surface area (Å²) in [5.74, 6) is -1.10. The number of halogens is 2. The van der Waals surface area contributed by atoms with Crippen LogP contribution in [-0.2, 0) is 0 Å². The molecule has 1 aromatic carbocycles. The van der Waals surface area contributed by atoms with E-state index >= 15 is 0 Å². The smallest absolute Gasteiger partial charge is 0.260 e. The fraction of sp³-hybridized carbons (Fsp3) is 0.429. The molecule has 5 nitrogen and oxygen atoms in total. The van der Waals surface area contributed by atoms with Crippen LogP contribution in [0.4, 0.5) is 8.78 Å². The largest absolute Gasteiger partial charge is 0.334 e. The zero-order valence-electron chi connectivity index (χ0n) is 12.0. The third-order valence-corrected chi connectivity index (χ3v) is 3.28. The van der Waals surface area contributed by atoms with Crippen molar-refractivity contribution < 1.29 is 13.3 Å². The van der Waals surface area contributed by atoms with Gasteiger partial charge in [0.15, 0.2) is 5.82 Å². The highest BCUT2D eigenvalue weighted by molar-refractivity contribution is 5.53. The summed E-state index contributed by atoms with van der Waals surface area (Å²) in [4.78, 5) is 6.22. The summed E-state index contributed by atoms with van der Waals surface area (Å²) >= 11 is 0. The number of likely N-dealkylation sites (N-methyl/N-ethyl adjacent to an activating group) is 1. The second-order valence-electron chi connectivity index (χ2n) is 4.67. The molecule has 2 aromatic rings. The van der Waals surface area contributed by atoms with Crippen molar-refractivity contribution in [2.24, 2.45) is 5.73 Å². The summed E-state index contributed by atoms with van der Waals surface area (Å²) in [7, 11) is 0. The number of nitrogens with zero attached hydrogens (tertiary/aromatic N) is 3. The molecular formula is C14H18F2N4O. The fourth-order valence-electron chi connectivity index (χ4n) is 2.00. The maximum absolute atomic E-state index is 13.7. The van der Waals surface area contributed by atoms with E-state index in [1.54, 1.807) is 0 Å². The minimum Gasteiger partial charge on any atom is -0.334 e. The predicted octanol–water partition coefficient (Wildman–Crippen LogP) is 2.36. The lowest BCUT2D eigenvalue weighted by Crippen LogP contribution is -2.32. The van der Waals surface area contributed by atoms with Crippen LogP contribution in [-0.4, -0.2) is 34.7 Å². The molecule has 2 rings (SSSR count). The molecule has 114 valence electrons. The van der Waals surface area contributed by atoms with Crippen LogP contribution >= 0.6 is 0 Å². The van der Waals surface area contributed by atoms with E-state index in [9.17, 15) is 8.78 Å². The fourth-order valence-corrected chi connectivity index (χ4v) is 2.00. The lowest BCUT2D eigenvalue weighted by Gasteiger charge is -2.20. The first kappa shape index (κ1) is 15.5. The molecule has 2 N–H and O–H groups in total. The maximum Gasteiger partial charge on any atom is 0.260 e. The summed E-state index contributed by atoms with van der Waals surface area (Å²) in [5.41, 5.74) is 6.08. The van der Waals surface area contributed by atoms with Crippen LogP contribution < -0.4 is 5.73 Å². The van der Waals surface area contributed by atoms with Gasteiger partial charge in [-0.1, -0.05) is 19.0 Å². The topological polar surface area (TPSA) is 68.2 Å². The summed E-state index contributed by atoms with van der Waals surface area (Å²) < 4.78 is 31.6. The van der Waals surface area contributed by atoms with Crippen molar-refractivity contribution in [1.29, 1.82) is 0 Å². The average Bonchev–Trinajstić information content (AvgIpc) is 2.94. The second-order valence-corrected chi connectivity index (χ2v) is 4.67. The number of nitrogens with two attached hydrogens (primary N) is 1. The van der Waals surface area contributed by atoms with Gasteiger partial charge in [0, 0.05) is 12.6 Å². The Morgan fingerprint density at radius 3 is 2.62 bits per heavy atom. The maximum atomic E-state index is 13.7. The Balaban J connectivity index is 2.17. The van der Waals surface area contributed by atoms with Gasteiger partial charge in [0.2, 0.25) is 0 Å². The summed E-state index contributed by atoms with van der Waals surface area (Å²) in [6.07, 6.45) is 0. The normalized spacial score (nSPS) is 12.9. The van der Waals surface area contributed by atoms with Gasteiger partial charge >= 0.3 is 0 Å². The van der Waals surface area contributed by atoms with E-state index in [0.29, 0.717) is 12.4 Å². The molecule has 0 aliphatic carbocycles. The van der Waals surface area contributed by atoms with Gasteiger partial charge in [-0.3, -0.25) is 0 Å². The monoisotopic (exact) mass is 296 g/mol. The lowest BCUT2D eigenvalue weighted by molar-refractivity contribution is 0.278. The Labute approximate surface area is 121 Å². The molecule has 0 spiro atoms. The molecule has 0 aliphatic heterocycles. The molecule has 0 aliphatic rings. The van der Waals surface area contributed by atoms with Gasteiger partial charge in [0.1, 0.15) is 11.6 Å². The van der Waals surface area contributed by atoms with Gasteiger partial charge in [-0.2, -0.15) is 4.98 Å². The Kier molecular flexibility index (Phi) is 4.98. The minimum absolute atomic E-state index is 0.00232. The van der Waals surface area contributed by atoms with Crippen molar-refractivity contribution in [3.8, 4) is 11.5 Å². The molecule has 21 heavy (non-hydrogen) atoms. The van der Waals surface area contributed by atoms with Crippen LogP contribution in [0.5, 0.6) is 0 Å². The molecule has 1 unspecified atom stereocenters. The van der Waals surface area contributed by atoms with Crippen LogP contribution in [0.3, 0.4) is 0 Å². The molecule has 0 saturated heterocycles. The molecular weight excluding hydrogens is 278 g/mol. The van der Waals surface area contributed by atoms with Crippen molar-refractivity contribution in [1.82, 2.24) is 15.0 Å². The van der Waals surface area contributed by atoms with E-state index in [1.165, 1.54) is 6.07 Å². The molecule has 7 heteroatoms. The predicted molar refractivity (Wildman–Crippen MR) is 74.4 cm³/mol. The van der Waals surface area contributed by atoms with Crippen molar-refractivity contribution in [2.75, 3.05) is 19.6 Å². The van der Waals surface area contributed by atoms with Crippen LogP contribution in [0, 0.1) is 11.6 Å². The highest BCUT2D eigenvalue weighted by atomic mass is 19.1. The Bertz CT molecular complexity index is 598. The zero-order chi connectivity index (χ0) is 15.4. The molecule has 0 fully saturated rings. The molecule has 0 amide bonds. The second kappa shape index (κ2) is 6.73. The minimum atomic E-state index is -0.748. The highest BCUT2D eigenvalue weighted by Crippen LogP contribution is 2.22. The summed E-state index contributed by atoms with van der Waals surface area (Å²) in [6.45, 7) is 6.37. The van der Waals surface area contributed by atoms with Gasteiger partial charge in [0.25, 0.3) is 5.89 Å². The van der Waals surface area contributed by atoms with Crippen LogP contribution in [0.15, 0.2) is 22.7 Å². The van der Waals surface area contributed by atoms with Crippen molar-refractivity contribution in [3.63, 3.8) is 0 Å². The molecule has 0 bridgehead atoms. The summed E-state index contributed by atoms with van der Waals surface area (Å²) in [5, 5.41) is 3.78. The molecule has 1 atom stereocenters. The van der Waals surface area contributed by atoms with E-state index in [-0.39, 0.29) is 11.5 Å². The van der Waals surface area contributed by atoms with Crippen LogP contribution in [0.1, 0.15) is 25.7 Å². The van der Waals surface area contributed by atoms with E-state index in [2.05, 4.69) is 15.0 Å². The van der Waals surface area contributed by atoms with Crippen LogP contribution in [0.2, 0.25) is 0 Å². The number of benzene rings is 1. The third kappa shape index (κ3) is 3.62. The molecule has 0 saturated carbocycles. The number of aromatic nitrogens is 2. The van der Waals surface area contributed by atoms with E-state index in [4.69, 9.17) is 10.3 Å². The molecule has 0 radical (unpaired) electrons. The SMILES string of the molecule is CCN(CC)CC(N)c1noc(-c2ccc(F)cc2F)n1. The number of hydrogen-bond acceptors (Lipinski definition) is 5. The first-order valence-corrected chi connectivity index (χ1v) is 6.82. The van der Waals surface area contributed by atoms with Crippen molar-refractivity contribution in [3.05, 3.63) is 35.7 Å². The van der Waals surface area contributed by atoms with Gasteiger partial charge < -0.3 is 15.2 Å². The standard InChI is InChI=1S/C14H18F2N4O/c1-3-20(4-2)8-12(17)13-18-14(21-19-13)10-6-5-9(15)7-11(10)16/h5-7,12H,3-4,8,17H2,1-2H3. The Morgan fingerprint density at radius 2 is 2.00 bits per heavy atom. The lowest BCUT2D eigenvalue weighted by atomic mass is 10.2. The highest BCUT2D eigenvalue weighted by Gasteiger charge is 2.19. The molecule has 1 aromatic heterocycles. The van der Waals surface area contributed by atoms with Crippen molar-refractivity contribution >= 4 is 0 Å². The Morgan fingerprint density at radius 1 is 1.29 bits per heavy atom. The van der Waals surface area contributed by atoms with Crippen LogP contribution in [0.25, 0.3) is 11.5 Å². The molecule has 1 heterocycles. The number of hydrogen-bond donors (Lipinski definition) is 1. The van der Waals surface area contributed by atoms with Gasteiger partial charge in [-0.15, -0.1) is 0 Å². The summed E-state index contributed by atoms with van der Waals surface area (Å²) in [6, 6.07) is 2.75. The van der Waals surface area contributed by atoms with Gasteiger partial charge in [0.05, 0.1) is 11.6 Å². The Hall–Kier alpha value is -1.86. The quantitative estimate of drug-likeness (QED) is 0.886. The average molecular weight is 296 g/mol. The van der Waals surface area contributed by atoms with Crippen molar-refractivity contribution in [2.45, 2.75) is 19.9 Å². The van der Waals surface area contributed by atoms with Gasteiger partial charge in [-0.25, -0.2) is 8.78 Å². The first-order valence-electron chi connectivity index (χ1n) is 6.82. The van der Waals surface area contributed by atoms with E-state index < -0.39 is 17.7 Å². The number of rotatable bonds is 6. The first-order chi connectivity index (χ1) is 10.0. The zero-order valence-corrected chi connectivity index (χ0v) is 12.0. The van der Waals surface area contributed by atoms with Gasteiger partial charge in [-0.05, 0) is 25.2 Å².